The van der Waals surface area contributed by atoms with E-state index in [0.29, 0.717) is 45.2 Å². The summed E-state index contributed by atoms with van der Waals surface area (Å²) in [5.74, 6) is 1.40. The number of anilines is 1. The van der Waals surface area contributed by atoms with Crippen LogP contribution in [0.4, 0.5) is 5.69 Å². The molecule has 1 saturated carbocycles. The van der Waals surface area contributed by atoms with E-state index in [-0.39, 0.29) is 18.0 Å². The number of halogens is 1. The van der Waals surface area contributed by atoms with E-state index in [4.69, 9.17) is 20.9 Å². The van der Waals surface area contributed by atoms with Gasteiger partial charge in [0.25, 0.3) is 11.4 Å². The fraction of sp³-hybridized carbons (Fsp3) is 0.217. The van der Waals surface area contributed by atoms with Gasteiger partial charge in [0.15, 0.2) is 5.82 Å². The van der Waals surface area contributed by atoms with Gasteiger partial charge >= 0.3 is 0 Å². The first-order chi connectivity index (χ1) is 15.5. The minimum absolute atomic E-state index is 0.188. The van der Waals surface area contributed by atoms with Gasteiger partial charge in [-0.15, -0.1) is 0 Å². The van der Waals surface area contributed by atoms with Crippen molar-refractivity contribution in [2.75, 3.05) is 12.4 Å². The summed E-state index contributed by atoms with van der Waals surface area (Å²) in [7, 11) is 1.50. The smallest absolute Gasteiger partial charge is 0.258 e. The van der Waals surface area contributed by atoms with Crippen LogP contribution in [0.25, 0.3) is 22.4 Å². The number of nitrogens with one attached hydrogen (secondary N) is 1. The minimum Gasteiger partial charge on any atom is -0.495 e. The number of nitrogens with zero attached hydrogens (tertiary/aromatic N) is 3. The van der Waals surface area contributed by atoms with Crippen LogP contribution in [0.5, 0.6) is 5.75 Å². The maximum absolute atomic E-state index is 13.0. The van der Waals surface area contributed by atoms with Gasteiger partial charge in [-0.25, -0.2) is 0 Å². The Bertz CT molecular complexity index is 1390. The van der Waals surface area contributed by atoms with Gasteiger partial charge in [-0.05, 0) is 37.1 Å². The molecule has 8 nitrogen and oxygen atoms in total. The number of methoxy groups -OCH3 is 1. The lowest BCUT2D eigenvalue weighted by molar-refractivity contribution is -0.116. The van der Waals surface area contributed by atoms with Crippen molar-refractivity contribution in [3.8, 4) is 17.2 Å². The van der Waals surface area contributed by atoms with Crippen LogP contribution in [-0.2, 0) is 11.3 Å². The fourth-order valence-corrected chi connectivity index (χ4v) is 3.81. The highest BCUT2D eigenvalue weighted by Gasteiger charge is 2.29. The third-order valence-corrected chi connectivity index (χ3v) is 5.61. The Morgan fingerprint density at radius 2 is 2.06 bits per heavy atom. The molecule has 2 heterocycles. The molecule has 2 aromatic carbocycles. The summed E-state index contributed by atoms with van der Waals surface area (Å²) in [6, 6.07) is 13.7. The zero-order valence-corrected chi connectivity index (χ0v) is 17.9. The van der Waals surface area contributed by atoms with Crippen molar-refractivity contribution in [1.82, 2.24) is 14.7 Å². The molecular weight excluding hydrogens is 432 g/mol. The van der Waals surface area contributed by atoms with Crippen molar-refractivity contribution >= 4 is 34.1 Å². The summed E-state index contributed by atoms with van der Waals surface area (Å²) in [6.45, 7) is -0.188. The molecule has 1 aliphatic carbocycles. The highest BCUT2D eigenvalue weighted by molar-refractivity contribution is 6.31. The van der Waals surface area contributed by atoms with Crippen LogP contribution in [0.2, 0.25) is 5.02 Å². The van der Waals surface area contributed by atoms with Crippen molar-refractivity contribution < 1.29 is 14.1 Å². The Morgan fingerprint density at radius 1 is 1.25 bits per heavy atom. The predicted molar refractivity (Wildman–Crippen MR) is 120 cm³/mol. The molecule has 0 spiro atoms. The fourth-order valence-electron chi connectivity index (χ4n) is 3.64. The van der Waals surface area contributed by atoms with E-state index in [2.05, 4.69) is 15.5 Å². The van der Waals surface area contributed by atoms with E-state index in [0.717, 1.165) is 18.2 Å². The lowest BCUT2D eigenvalue weighted by Gasteiger charge is -2.14. The number of aromatic nitrogens is 3. The normalized spacial score (nSPS) is 13.3. The summed E-state index contributed by atoms with van der Waals surface area (Å²) >= 11 is 6.04. The average molecular weight is 451 g/mol. The molecule has 9 heteroatoms. The summed E-state index contributed by atoms with van der Waals surface area (Å²) in [5, 5.41) is 8.01. The molecule has 32 heavy (non-hydrogen) atoms. The maximum Gasteiger partial charge on any atom is 0.258 e. The third-order valence-electron chi connectivity index (χ3n) is 5.37. The second-order valence-corrected chi connectivity index (χ2v) is 8.06. The van der Waals surface area contributed by atoms with Crippen LogP contribution in [-0.4, -0.2) is 27.7 Å². The number of fused-ring (bicyclic) bond motifs is 1. The quantitative estimate of drug-likeness (QED) is 0.472. The number of para-hydroxylation sites is 1. The van der Waals surface area contributed by atoms with E-state index in [1.165, 1.54) is 17.7 Å². The Morgan fingerprint density at radius 3 is 2.84 bits per heavy atom. The van der Waals surface area contributed by atoms with Gasteiger partial charge < -0.3 is 14.6 Å². The molecule has 0 unspecified atom stereocenters. The van der Waals surface area contributed by atoms with Crippen molar-refractivity contribution in [2.45, 2.75) is 25.3 Å². The molecular formula is C23H19ClN4O4. The highest BCUT2D eigenvalue weighted by Crippen LogP contribution is 2.39. The van der Waals surface area contributed by atoms with E-state index in [1.54, 1.807) is 24.3 Å². The number of rotatable bonds is 6. The summed E-state index contributed by atoms with van der Waals surface area (Å²) in [5.41, 5.74) is 1.23. The highest BCUT2D eigenvalue weighted by atomic mass is 35.5. The van der Waals surface area contributed by atoms with Crippen LogP contribution in [0.1, 0.15) is 24.6 Å². The zero-order valence-electron chi connectivity index (χ0n) is 17.2. The van der Waals surface area contributed by atoms with Crippen LogP contribution in [0, 0.1) is 0 Å². The second kappa shape index (κ2) is 8.12. The van der Waals surface area contributed by atoms with E-state index in [9.17, 15) is 9.59 Å². The summed E-state index contributed by atoms with van der Waals surface area (Å²) in [4.78, 5) is 30.3. The van der Waals surface area contributed by atoms with Gasteiger partial charge in [-0.2, -0.15) is 4.98 Å². The number of amides is 1. The molecule has 4 aromatic rings. The molecule has 2 aromatic heterocycles. The number of ether oxygens (including phenoxy) is 1. The van der Waals surface area contributed by atoms with Crippen LogP contribution < -0.4 is 15.6 Å². The van der Waals surface area contributed by atoms with Crippen LogP contribution in [0.3, 0.4) is 0 Å². The number of benzene rings is 2. The number of hydrogen-bond donors (Lipinski definition) is 1. The van der Waals surface area contributed by atoms with Crippen molar-refractivity contribution in [2.24, 2.45) is 0 Å². The van der Waals surface area contributed by atoms with Crippen molar-refractivity contribution in [3.05, 3.63) is 69.7 Å². The van der Waals surface area contributed by atoms with E-state index in [1.807, 2.05) is 18.2 Å². The number of carbonyl (C=O) groups is 1. The molecule has 1 amide bonds. The molecule has 0 bridgehead atoms. The van der Waals surface area contributed by atoms with Gasteiger partial charge in [-0.3, -0.25) is 14.2 Å². The standard InChI is InChI=1S/C23H19ClN4O4/c1-31-19-9-8-14(24)10-17(19)25-20(29)12-28-18-5-3-2-4-15(18)16(11-21(28)30)23-26-22(27-32-23)13-6-7-13/h2-5,8-11,13H,6-7,12H2,1H3,(H,25,29). The summed E-state index contributed by atoms with van der Waals surface area (Å²) < 4.78 is 12.1. The number of pyridine rings is 1. The van der Waals surface area contributed by atoms with Gasteiger partial charge in [0.2, 0.25) is 5.91 Å². The zero-order chi connectivity index (χ0) is 22.2. The Kier molecular flexibility index (Phi) is 5.14. The third kappa shape index (κ3) is 3.85. The molecule has 5 rings (SSSR count). The first kappa shape index (κ1) is 20.3. The first-order valence-corrected chi connectivity index (χ1v) is 10.5. The Hall–Kier alpha value is -3.65. The molecule has 0 aliphatic heterocycles. The molecule has 1 aliphatic rings. The Labute approximate surface area is 187 Å². The van der Waals surface area contributed by atoms with Crippen molar-refractivity contribution in [3.63, 3.8) is 0 Å². The SMILES string of the molecule is COc1ccc(Cl)cc1NC(=O)Cn1c(=O)cc(-c2nc(C3CC3)no2)c2ccccc21. The first-order valence-electron chi connectivity index (χ1n) is 10.1. The topological polar surface area (TPSA) is 99.2 Å². The largest absolute Gasteiger partial charge is 0.495 e. The van der Waals surface area contributed by atoms with Crippen molar-refractivity contribution in [1.29, 1.82) is 0 Å². The maximum atomic E-state index is 13.0. The second-order valence-electron chi connectivity index (χ2n) is 7.62. The molecule has 0 saturated heterocycles. The van der Waals surface area contributed by atoms with E-state index < -0.39 is 0 Å². The molecule has 162 valence electrons. The Balaban J connectivity index is 1.50. The molecule has 0 atom stereocenters. The molecule has 1 N–H and O–H groups in total. The van der Waals surface area contributed by atoms with Gasteiger partial charge in [0.1, 0.15) is 12.3 Å². The average Bonchev–Trinajstić information content (AvgIpc) is 3.52. The van der Waals surface area contributed by atoms with Gasteiger partial charge in [0, 0.05) is 22.4 Å². The summed E-state index contributed by atoms with van der Waals surface area (Å²) in [6.07, 6.45) is 2.10. The monoisotopic (exact) mass is 450 g/mol. The van der Waals surface area contributed by atoms with Crippen LogP contribution >= 0.6 is 11.6 Å². The lowest BCUT2D eigenvalue weighted by atomic mass is 10.1. The lowest BCUT2D eigenvalue weighted by Crippen LogP contribution is -2.28. The van der Waals surface area contributed by atoms with E-state index >= 15 is 0 Å². The predicted octanol–water partition coefficient (Wildman–Crippen LogP) is 4.23. The number of hydrogen-bond acceptors (Lipinski definition) is 6. The van der Waals surface area contributed by atoms with Gasteiger partial charge in [0.05, 0.1) is 23.9 Å². The minimum atomic E-state index is -0.389. The molecule has 1 fully saturated rings. The molecule has 0 radical (unpaired) electrons. The number of carbonyl (C=O) groups excluding carboxylic acids is 1. The van der Waals surface area contributed by atoms with Crippen LogP contribution in [0.15, 0.2) is 57.8 Å². The van der Waals surface area contributed by atoms with Gasteiger partial charge in [-0.1, -0.05) is 35.0 Å².